The van der Waals surface area contributed by atoms with Gasteiger partial charge in [0.25, 0.3) is 0 Å². The third-order valence-corrected chi connectivity index (χ3v) is 4.09. The van der Waals surface area contributed by atoms with Gasteiger partial charge in [-0.1, -0.05) is 24.3 Å². The highest BCUT2D eigenvalue weighted by Gasteiger charge is 2.42. The van der Waals surface area contributed by atoms with Gasteiger partial charge in [0.15, 0.2) is 0 Å². The fourth-order valence-corrected chi connectivity index (χ4v) is 2.67. The minimum atomic E-state index is -0.106. The van der Waals surface area contributed by atoms with Gasteiger partial charge in [0, 0.05) is 0 Å². The van der Waals surface area contributed by atoms with Crippen LogP contribution in [-0.2, 0) is 10.2 Å². The first-order valence-corrected chi connectivity index (χ1v) is 6.68. The van der Waals surface area contributed by atoms with Crippen LogP contribution in [0.1, 0.15) is 16.7 Å². The largest absolute Gasteiger partial charge is 0.508 e. The highest BCUT2D eigenvalue weighted by molar-refractivity contribution is 5.47. The Balaban J connectivity index is 2.03. The number of phenols is 1. The predicted octanol–water partition coefficient (Wildman–Crippen LogP) is 3.03. The molecule has 0 aliphatic carbocycles. The van der Waals surface area contributed by atoms with Crippen LogP contribution in [0.25, 0.3) is 0 Å². The molecule has 0 spiro atoms. The topological polar surface area (TPSA) is 38.7 Å². The van der Waals surface area contributed by atoms with Gasteiger partial charge in [-0.25, -0.2) is 0 Å². The molecule has 1 fully saturated rings. The molecule has 1 heterocycles. The maximum atomic E-state index is 9.69. The Hall–Kier alpha value is -2.00. The zero-order valence-corrected chi connectivity index (χ0v) is 11.7. The summed E-state index contributed by atoms with van der Waals surface area (Å²) in [5.41, 5.74) is 3.19. The van der Waals surface area contributed by atoms with E-state index in [1.807, 2.05) is 31.2 Å². The Bertz CT molecular complexity index is 613. The van der Waals surface area contributed by atoms with Crippen molar-refractivity contribution in [2.45, 2.75) is 12.3 Å². The van der Waals surface area contributed by atoms with E-state index in [4.69, 9.17) is 9.47 Å². The van der Waals surface area contributed by atoms with Gasteiger partial charge in [-0.15, -0.1) is 0 Å². The molecule has 0 unspecified atom stereocenters. The van der Waals surface area contributed by atoms with Crippen molar-refractivity contribution in [2.24, 2.45) is 0 Å². The van der Waals surface area contributed by atoms with Gasteiger partial charge in [-0.2, -0.15) is 0 Å². The van der Waals surface area contributed by atoms with Crippen molar-refractivity contribution in [3.63, 3.8) is 0 Å². The van der Waals surface area contributed by atoms with E-state index in [9.17, 15) is 5.11 Å². The lowest BCUT2D eigenvalue weighted by Crippen LogP contribution is -2.47. The summed E-state index contributed by atoms with van der Waals surface area (Å²) in [4.78, 5) is 0. The van der Waals surface area contributed by atoms with E-state index in [0.717, 1.165) is 11.3 Å². The summed E-state index contributed by atoms with van der Waals surface area (Å²) in [6.45, 7) is 3.26. The first-order valence-electron chi connectivity index (χ1n) is 6.68. The monoisotopic (exact) mass is 270 g/mol. The van der Waals surface area contributed by atoms with Crippen molar-refractivity contribution >= 4 is 0 Å². The van der Waals surface area contributed by atoms with Gasteiger partial charge in [0.05, 0.1) is 25.7 Å². The lowest BCUT2D eigenvalue weighted by molar-refractivity contribution is -0.0380. The Labute approximate surface area is 118 Å². The molecule has 1 saturated heterocycles. The zero-order chi connectivity index (χ0) is 14.2. The highest BCUT2D eigenvalue weighted by Crippen LogP contribution is 2.40. The van der Waals surface area contributed by atoms with Crippen LogP contribution in [0, 0.1) is 6.92 Å². The first-order chi connectivity index (χ1) is 9.65. The SMILES string of the molecule is COc1ccc(C2(c3ccc(O)c(C)c3)COC2)cc1. The molecule has 0 bridgehead atoms. The van der Waals surface area contributed by atoms with Crippen LogP contribution in [0.3, 0.4) is 0 Å². The van der Waals surface area contributed by atoms with Crippen LogP contribution < -0.4 is 4.74 Å². The zero-order valence-electron chi connectivity index (χ0n) is 11.7. The Kier molecular flexibility index (Phi) is 3.14. The number of rotatable bonds is 3. The summed E-state index contributed by atoms with van der Waals surface area (Å²) in [5.74, 6) is 1.19. The molecule has 0 radical (unpaired) electrons. The van der Waals surface area contributed by atoms with E-state index in [0.29, 0.717) is 19.0 Å². The molecule has 2 aromatic rings. The van der Waals surface area contributed by atoms with E-state index in [1.54, 1.807) is 13.2 Å². The molecule has 3 rings (SSSR count). The molecular formula is C17H18O3. The minimum absolute atomic E-state index is 0.106. The summed E-state index contributed by atoms with van der Waals surface area (Å²) in [5, 5.41) is 9.69. The molecule has 20 heavy (non-hydrogen) atoms. The van der Waals surface area contributed by atoms with E-state index in [2.05, 4.69) is 12.1 Å². The van der Waals surface area contributed by atoms with Crippen molar-refractivity contribution < 1.29 is 14.6 Å². The third-order valence-electron chi connectivity index (χ3n) is 4.09. The number of methoxy groups -OCH3 is 1. The molecule has 3 heteroatoms. The van der Waals surface area contributed by atoms with Crippen LogP contribution in [0.15, 0.2) is 42.5 Å². The number of benzene rings is 2. The number of hydrogen-bond donors (Lipinski definition) is 1. The number of aryl methyl sites for hydroxylation is 1. The fraction of sp³-hybridized carbons (Fsp3) is 0.294. The molecule has 1 aliphatic rings. The van der Waals surface area contributed by atoms with Gasteiger partial charge in [-0.05, 0) is 41.8 Å². The average molecular weight is 270 g/mol. The standard InChI is InChI=1S/C17H18O3/c1-12-9-14(5-8-16(12)18)17(10-20-11-17)13-3-6-15(19-2)7-4-13/h3-9,18H,10-11H2,1-2H3. The summed E-state index contributed by atoms with van der Waals surface area (Å²) in [6, 6.07) is 13.9. The molecule has 0 saturated carbocycles. The van der Waals surface area contributed by atoms with Crippen LogP contribution in [-0.4, -0.2) is 25.4 Å². The van der Waals surface area contributed by atoms with Crippen LogP contribution >= 0.6 is 0 Å². The van der Waals surface area contributed by atoms with Gasteiger partial charge < -0.3 is 14.6 Å². The number of phenolic OH excluding ortho intramolecular Hbond substituents is 1. The van der Waals surface area contributed by atoms with Gasteiger partial charge in [0.2, 0.25) is 0 Å². The quantitative estimate of drug-likeness (QED) is 0.931. The summed E-state index contributed by atoms with van der Waals surface area (Å²) in [7, 11) is 1.67. The maximum Gasteiger partial charge on any atom is 0.118 e. The van der Waals surface area contributed by atoms with E-state index >= 15 is 0 Å². The molecule has 0 aromatic heterocycles. The molecule has 3 nitrogen and oxygen atoms in total. The number of hydrogen-bond acceptors (Lipinski definition) is 3. The van der Waals surface area contributed by atoms with Gasteiger partial charge in [0.1, 0.15) is 11.5 Å². The van der Waals surface area contributed by atoms with Gasteiger partial charge >= 0.3 is 0 Å². The molecule has 1 aliphatic heterocycles. The van der Waals surface area contributed by atoms with Crippen molar-refractivity contribution in [2.75, 3.05) is 20.3 Å². The molecule has 1 N–H and O–H groups in total. The normalized spacial score (nSPS) is 16.5. The summed E-state index contributed by atoms with van der Waals surface area (Å²) >= 11 is 0. The third kappa shape index (κ3) is 1.95. The Morgan fingerprint density at radius 2 is 1.70 bits per heavy atom. The maximum absolute atomic E-state index is 9.69. The summed E-state index contributed by atoms with van der Waals surface area (Å²) in [6.07, 6.45) is 0. The minimum Gasteiger partial charge on any atom is -0.508 e. The van der Waals surface area contributed by atoms with Crippen LogP contribution in [0.4, 0.5) is 0 Å². The molecule has 104 valence electrons. The van der Waals surface area contributed by atoms with Crippen LogP contribution in [0.2, 0.25) is 0 Å². The lowest BCUT2D eigenvalue weighted by atomic mass is 9.72. The van der Waals surface area contributed by atoms with Crippen molar-refractivity contribution in [3.8, 4) is 11.5 Å². The van der Waals surface area contributed by atoms with E-state index in [1.165, 1.54) is 11.1 Å². The second-order valence-electron chi connectivity index (χ2n) is 5.30. The number of aromatic hydroxyl groups is 1. The average Bonchev–Trinajstić information content (AvgIpc) is 2.42. The fourth-order valence-electron chi connectivity index (χ4n) is 2.67. The van der Waals surface area contributed by atoms with Crippen LogP contribution in [0.5, 0.6) is 11.5 Å². The second-order valence-corrected chi connectivity index (χ2v) is 5.30. The van der Waals surface area contributed by atoms with Gasteiger partial charge in [-0.3, -0.25) is 0 Å². The second kappa shape index (κ2) is 4.84. The first kappa shape index (κ1) is 13.0. The smallest absolute Gasteiger partial charge is 0.118 e. The molecule has 0 amide bonds. The number of ether oxygens (including phenoxy) is 2. The lowest BCUT2D eigenvalue weighted by Gasteiger charge is -2.42. The Morgan fingerprint density at radius 3 is 2.20 bits per heavy atom. The predicted molar refractivity (Wildman–Crippen MR) is 77.4 cm³/mol. The van der Waals surface area contributed by atoms with Crippen molar-refractivity contribution in [1.82, 2.24) is 0 Å². The molecule has 2 aromatic carbocycles. The molecule has 0 atom stereocenters. The molecular weight excluding hydrogens is 252 g/mol. The Morgan fingerprint density at radius 1 is 1.05 bits per heavy atom. The summed E-state index contributed by atoms with van der Waals surface area (Å²) < 4.78 is 10.7. The van der Waals surface area contributed by atoms with E-state index < -0.39 is 0 Å². The van der Waals surface area contributed by atoms with Crippen molar-refractivity contribution in [1.29, 1.82) is 0 Å². The highest BCUT2D eigenvalue weighted by atomic mass is 16.5. The van der Waals surface area contributed by atoms with E-state index in [-0.39, 0.29) is 5.41 Å². The van der Waals surface area contributed by atoms with Crippen molar-refractivity contribution in [3.05, 3.63) is 59.2 Å².